The number of carbonyl (C=O) groups is 1. The highest BCUT2D eigenvalue weighted by Crippen LogP contribution is 2.26. The molecule has 0 atom stereocenters. The average molecular weight is 273 g/mol. The van der Waals surface area contributed by atoms with Crippen LogP contribution in [0.2, 0.25) is 0 Å². The van der Waals surface area contributed by atoms with Crippen LogP contribution in [0.4, 0.5) is 0 Å². The Morgan fingerprint density at radius 2 is 2.00 bits per heavy atom. The minimum atomic E-state index is -0.160. The molecular formula is C17H23NO2. The van der Waals surface area contributed by atoms with E-state index in [0.29, 0.717) is 18.4 Å². The maximum Gasteiger partial charge on any atom is 0.244 e. The van der Waals surface area contributed by atoms with Gasteiger partial charge >= 0.3 is 0 Å². The summed E-state index contributed by atoms with van der Waals surface area (Å²) in [5.74, 6) is 0.890. The van der Waals surface area contributed by atoms with E-state index in [0.717, 1.165) is 18.4 Å². The number of aliphatic hydroxyl groups excluding tert-OH is 1. The first-order valence-corrected chi connectivity index (χ1v) is 7.28. The fourth-order valence-corrected chi connectivity index (χ4v) is 2.33. The van der Waals surface area contributed by atoms with Crippen molar-refractivity contribution in [3.8, 4) is 0 Å². The Kier molecular flexibility index (Phi) is 4.96. The molecule has 0 aliphatic heterocycles. The van der Waals surface area contributed by atoms with Crippen molar-refractivity contribution in [2.24, 2.45) is 5.92 Å². The molecule has 20 heavy (non-hydrogen) atoms. The monoisotopic (exact) mass is 273 g/mol. The summed E-state index contributed by atoms with van der Waals surface area (Å²) in [5.41, 5.74) is 2.33. The quantitative estimate of drug-likeness (QED) is 0.810. The van der Waals surface area contributed by atoms with Gasteiger partial charge in [0.25, 0.3) is 0 Å². The van der Waals surface area contributed by atoms with Gasteiger partial charge in [-0.3, -0.25) is 4.79 Å². The molecule has 0 bridgehead atoms. The second-order valence-corrected chi connectivity index (χ2v) is 5.89. The Labute approximate surface area is 120 Å². The van der Waals surface area contributed by atoms with E-state index >= 15 is 0 Å². The molecule has 0 heterocycles. The van der Waals surface area contributed by atoms with Gasteiger partial charge in [0.05, 0.1) is 6.10 Å². The van der Waals surface area contributed by atoms with E-state index in [9.17, 15) is 9.90 Å². The number of hydrogen-bond acceptors (Lipinski definition) is 2. The third kappa shape index (κ3) is 4.20. The van der Waals surface area contributed by atoms with Crippen LogP contribution in [0.5, 0.6) is 0 Å². The van der Waals surface area contributed by atoms with Crippen LogP contribution in [0.25, 0.3) is 6.08 Å². The molecule has 1 saturated carbocycles. The molecule has 1 fully saturated rings. The molecule has 0 spiro atoms. The van der Waals surface area contributed by atoms with E-state index in [4.69, 9.17) is 0 Å². The van der Waals surface area contributed by atoms with Crippen LogP contribution in [0.15, 0.2) is 30.3 Å². The maximum atomic E-state index is 11.7. The Morgan fingerprint density at radius 3 is 2.55 bits per heavy atom. The Hall–Kier alpha value is -1.61. The van der Waals surface area contributed by atoms with Gasteiger partial charge < -0.3 is 10.4 Å². The topological polar surface area (TPSA) is 49.3 Å². The Bertz CT molecular complexity index is 470. The number of carbonyl (C=O) groups excluding carboxylic acids is 1. The van der Waals surface area contributed by atoms with E-state index in [1.54, 1.807) is 6.08 Å². The number of rotatable bonds is 5. The first-order chi connectivity index (χ1) is 9.54. The summed E-state index contributed by atoms with van der Waals surface area (Å²) in [4.78, 5) is 11.7. The Balaban J connectivity index is 1.78. The zero-order valence-electron chi connectivity index (χ0n) is 12.2. The van der Waals surface area contributed by atoms with E-state index in [-0.39, 0.29) is 12.0 Å². The summed E-state index contributed by atoms with van der Waals surface area (Å²) in [6, 6.07) is 8.25. The van der Waals surface area contributed by atoms with E-state index in [2.05, 4.69) is 31.3 Å². The van der Waals surface area contributed by atoms with Crippen molar-refractivity contribution < 1.29 is 9.90 Å². The summed E-state index contributed by atoms with van der Waals surface area (Å²) in [5, 5.41) is 12.0. The average Bonchev–Trinajstić information content (AvgIpc) is 2.40. The van der Waals surface area contributed by atoms with Crippen molar-refractivity contribution in [2.75, 3.05) is 6.54 Å². The van der Waals surface area contributed by atoms with Crippen molar-refractivity contribution in [3.63, 3.8) is 0 Å². The molecule has 2 N–H and O–H groups in total. The number of benzene rings is 1. The third-order valence-electron chi connectivity index (χ3n) is 3.81. The largest absolute Gasteiger partial charge is 0.393 e. The number of aliphatic hydroxyl groups is 1. The minimum Gasteiger partial charge on any atom is -0.393 e. The first-order valence-electron chi connectivity index (χ1n) is 7.28. The molecule has 2 rings (SSSR count). The maximum absolute atomic E-state index is 11.7. The van der Waals surface area contributed by atoms with E-state index in [1.165, 1.54) is 5.56 Å². The lowest BCUT2D eigenvalue weighted by atomic mass is 9.82. The molecule has 0 saturated heterocycles. The highest BCUT2D eigenvalue weighted by molar-refractivity contribution is 5.91. The summed E-state index contributed by atoms with van der Waals surface area (Å²) >= 11 is 0. The fourth-order valence-electron chi connectivity index (χ4n) is 2.33. The van der Waals surface area contributed by atoms with Crippen LogP contribution >= 0.6 is 0 Å². The molecular weight excluding hydrogens is 250 g/mol. The van der Waals surface area contributed by atoms with Gasteiger partial charge in [-0.25, -0.2) is 0 Å². The van der Waals surface area contributed by atoms with Gasteiger partial charge in [-0.05, 0) is 41.9 Å². The smallest absolute Gasteiger partial charge is 0.244 e. The SMILES string of the molecule is CC(C)c1ccc(C=CC(=O)NCC2CC(O)C2)cc1. The number of nitrogens with one attached hydrogen (secondary N) is 1. The number of hydrogen-bond donors (Lipinski definition) is 2. The van der Waals surface area contributed by atoms with Crippen LogP contribution in [-0.2, 0) is 4.79 Å². The van der Waals surface area contributed by atoms with Gasteiger partial charge in [0.2, 0.25) is 5.91 Å². The number of amides is 1. The molecule has 1 aromatic carbocycles. The highest BCUT2D eigenvalue weighted by atomic mass is 16.3. The lowest BCUT2D eigenvalue weighted by Crippen LogP contribution is -2.37. The molecule has 1 aromatic rings. The molecule has 0 radical (unpaired) electrons. The molecule has 3 heteroatoms. The summed E-state index contributed by atoms with van der Waals surface area (Å²) in [6.45, 7) is 4.98. The summed E-state index contributed by atoms with van der Waals surface area (Å²) in [6.07, 6.45) is 4.85. The molecule has 1 aliphatic rings. The Morgan fingerprint density at radius 1 is 1.35 bits per heavy atom. The molecule has 3 nitrogen and oxygen atoms in total. The molecule has 0 unspecified atom stereocenters. The van der Waals surface area contributed by atoms with Crippen LogP contribution < -0.4 is 5.32 Å². The molecule has 1 amide bonds. The van der Waals surface area contributed by atoms with Crippen molar-refractivity contribution >= 4 is 12.0 Å². The first kappa shape index (κ1) is 14.8. The van der Waals surface area contributed by atoms with Gasteiger partial charge in [0.15, 0.2) is 0 Å². The van der Waals surface area contributed by atoms with Gasteiger partial charge in [-0.1, -0.05) is 38.1 Å². The molecule has 1 aliphatic carbocycles. The summed E-state index contributed by atoms with van der Waals surface area (Å²) in [7, 11) is 0. The molecule has 0 aromatic heterocycles. The minimum absolute atomic E-state index is 0.0701. The van der Waals surface area contributed by atoms with Crippen LogP contribution in [-0.4, -0.2) is 23.7 Å². The van der Waals surface area contributed by atoms with Crippen molar-refractivity contribution in [1.82, 2.24) is 5.32 Å². The predicted molar refractivity (Wildman–Crippen MR) is 81.3 cm³/mol. The van der Waals surface area contributed by atoms with E-state index in [1.807, 2.05) is 18.2 Å². The lowest BCUT2D eigenvalue weighted by Gasteiger charge is -2.31. The summed E-state index contributed by atoms with van der Waals surface area (Å²) < 4.78 is 0. The lowest BCUT2D eigenvalue weighted by molar-refractivity contribution is -0.117. The van der Waals surface area contributed by atoms with E-state index < -0.39 is 0 Å². The normalized spacial score (nSPS) is 22.0. The van der Waals surface area contributed by atoms with Gasteiger partial charge in [0, 0.05) is 12.6 Å². The van der Waals surface area contributed by atoms with Crippen LogP contribution in [0.3, 0.4) is 0 Å². The van der Waals surface area contributed by atoms with Crippen molar-refractivity contribution in [1.29, 1.82) is 0 Å². The standard InChI is InChI=1S/C17H23NO2/c1-12(2)15-6-3-13(4-7-15)5-8-17(20)18-11-14-9-16(19)10-14/h3-8,12,14,16,19H,9-11H2,1-2H3,(H,18,20). The second kappa shape index (κ2) is 6.71. The van der Waals surface area contributed by atoms with Crippen molar-refractivity contribution in [3.05, 3.63) is 41.5 Å². The van der Waals surface area contributed by atoms with Crippen molar-refractivity contribution in [2.45, 2.75) is 38.7 Å². The van der Waals surface area contributed by atoms with Crippen LogP contribution in [0.1, 0.15) is 43.7 Å². The highest BCUT2D eigenvalue weighted by Gasteiger charge is 2.26. The zero-order valence-corrected chi connectivity index (χ0v) is 12.2. The fraction of sp³-hybridized carbons (Fsp3) is 0.471. The van der Waals surface area contributed by atoms with Gasteiger partial charge in [-0.2, -0.15) is 0 Å². The zero-order chi connectivity index (χ0) is 14.5. The third-order valence-corrected chi connectivity index (χ3v) is 3.81. The predicted octanol–water partition coefficient (Wildman–Crippen LogP) is 2.71. The molecule has 108 valence electrons. The second-order valence-electron chi connectivity index (χ2n) is 5.89. The van der Waals surface area contributed by atoms with Gasteiger partial charge in [-0.15, -0.1) is 0 Å². The van der Waals surface area contributed by atoms with Crippen LogP contribution in [0, 0.1) is 5.92 Å². The van der Waals surface area contributed by atoms with Gasteiger partial charge in [0.1, 0.15) is 0 Å².